The number of hydrogen-bond acceptors (Lipinski definition) is 3. The molecule has 0 saturated heterocycles. The van der Waals surface area contributed by atoms with Crippen molar-refractivity contribution in [3.63, 3.8) is 0 Å². The highest BCUT2D eigenvalue weighted by Gasteiger charge is 2.18. The average Bonchev–Trinajstić information content (AvgIpc) is 2.73. The molecule has 4 heteroatoms. The summed E-state index contributed by atoms with van der Waals surface area (Å²) in [5, 5.41) is 2.74. The molecule has 0 radical (unpaired) electrons. The highest BCUT2D eigenvalue weighted by molar-refractivity contribution is 5.89. The summed E-state index contributed by atoms with van der Waals surface area (Å²) in [6.07, 6.45) is 0.243. The Morgan fingerprint density at radius 3 is 2.04 bits per heavy atom. The molecule has 3 aromatic carbocycles. The molecule has 0 fully saturated rings. The molecule has 0 heterocycles. The summed E-state index contributed by atoms with van der Waals surface area (Å²) >= 11 is 0. The summed E-state index contributed by atoms with van der Waals surface area (Å²) in [5.41, 5.74) is 3.48. The third-order valence-corrected chi connectivity index (χ3v) is 4.42. The van der Waals surface area contributed by atoms with Crippen LogP contribution >= 0.6 is 0 Å². The minimum Gasteiger partial charge on any atom is -0.454 e. The van der Waals surface area contributed by atoms with Gasteiger partial charge in [0, 0.05) is 19.9 Å². The lowest BCUT2D eigenvalue weighted by Gasteiger charge is -2.19. The topological polar surface area (TPSA) is 55.4 Å². The van der Waals surface area contributed by atoms with Gasteiger partial charge in [-0.2, -0.15) is 0 Å². The number of carbonyl (C=O) groups excluding carboxylic acids is 2. The van der Waals surface area contributed by atoms with Crippen molar-refractivity contribution in [3.8, 4) is 0 Å². The molecule has 0 saturated carbocycles. The van der Waals surface area contributed by atoms with Crippen molar-refractivity contribution in [2.24, 2.45) is 0 Å². The molecule has 142 valence electrons. The van der Waals surface area contributed by atoms with Crippen LogP contribution in [0.5, 0.6) is 0 Å². The first kappa shape index (κ1) is 19.4. The molecule has 0 aliphatic carbocycles. The number of carbonyl (C=O) groups is 2. The molecule has 1 amide bonds. The van der Waals surface area contributed by atoms with E-state index in [0.29, 0.717) is 18.5 Å². The summed E-state index contributed by atoms with van der Waals surface area (Å²) in [5.74, 6) is -0.453. The van der Waals surface area contributed by atoms with Gasteiger partial charge in [0.1, 0.15) is 6.10 Å². The van der Waals surface area contributed by atoms with Crippen molar-refractivity contribution < 1.29 is 14.3 Å². The molecule has 0 aliphatic rings. The Kier molecular flexibility index (Phi) is 6.58. The normalized spacial score (nSPS) is 11.5. The van der Waals surface area contributed by atoms with Gasteiger partial charge in [0.25, 0.3) is 0 Å². The zero-order valence-electron chi connectivity index (χ0n) is 15.8. The summed E-state index contributed by atoms with van der Waals surface area (Å²) in [6, 6.07) is 26.8. The van der Waals surface area contributed by atoms with Crippen molar-refractivity contribution >= 4 is 11.9 Å². The van der Waals surface area contributed by atoms with Crippen molar-refractivity contribution in [2.75, 3.05) is 0 Å². The summed E-state index contributed by atoms with van der Waals surface area (Å²) < 4.78 is 5.86. The van der Waals surface area contributed by atoms with Crippen LogP contribution in [0.3, 0.4) is 0 Å². The second-order valence-electron chi connectivity index (χ2n) is 6.60. The van der Waals surface area contributed by atoms with E-state index in [1.807, 2.05) is 72.8 Å². The first-order valence-corrected chi connectivity index (χ1v) is 9.25. The predicted molar refractivity (Wildman–Crippen MR) is 109 cm³/mol. The van der Waals surface area contributed by atoms with Crippen molar-refractivity contribution in [3.05, 3.63) is 107 Å². The fraction of sp³-hybridized carbons (Fsp3) is 0.167. The summed E-state index contributed by atoms with van der Waals surface area (Å²) in [6.45, 7) is 1.91. The Morgan fingerprint density at radius 1 is 0.821 bits per heavy atom. The van der Waals surface area contributed by atoms with E-state index in [2.05, 4.69) is 5.32 Å². The van der Waals surface area contributed by atoms with Crippen molar-refractivity contribution in [1.82, 2.24) is 5.32 Å². The quantitative estimate of drug-likeness (QED) is 0.622. The Balaban J connectivity index is 1.72. The molecule has 4 nitrogen and oxygen atoms in total. The van der Waals surface area contributed by atoms with Crippen LogP contribution < -0.4 is 5.32 Å². The van der Waals surface area contributed by atoms with E-state index in [9.17, 15) is 9.59 Å². The maximum Gasteiger partial charge on any atom is 0.338 e. The average molecular weight is 373 g/mol. The number of nitrogens with one attached hydrogen (secondary N) is 1. The molecule has 0 unspecified atom stereocenters. The summed E-state index contributed by atoms with van der Waals surface area (Å²) in [4.78, 5) is 23.7. The molecular weight excluding hydrogens is 350 g/mol. The maximum absolute atomic E-state index is 12.7. The van der Waals surface area contributed by atoms with Gasteiger partial charge in [-0.3, -0.25) is 4.79 Å². The predicted octanol–water partition coefficient (Wildman–Crippen LogP) is 4.46. The molecule has 1 N–H and O–H groups in total. The van der Waals surface area contributed by atoms with Gasteiger partial charge >= 0.3 is 5.97 Å². The minimum atomic E-state index is -0.366. The summed E-state index contributed by atoms with van der Waals surface area (Å²) in [7, 11) is 0. The fourth-order valence-electron chi connectivity index (χ4n) is 2.91. The fourth-order valence-corrected chi connectivity index (χ4v) is 2.91. The van der Waals surface area contributed by atoms with E-state index in [1.54, 1.807) is 12.1 Å². The third kappa shape index (κ3) is 5.55. The third-order valence-electron chi connectivity index (χ3n) is 4.42. The number of ether oxygens (including phenoxy) is 1. The smallest absolute Gasteiger partial charge is 0.338 e. The molecule has 3 aromatic rings. The Hall–Kier alpha value is -3.40. The van der Waals surface area contributed by atoms with Gasteiger partial charge in [-0.15, -0.1) is 0 Å². The van der Waals surface area contributed by atoms with E-state index >= 15 is 0 Å². The monoisotopic (exact) mass is 373 g/mol. The lowest BCUT2D eigenvalue weighted by molar-refractivity contribution is -0.119. The van der Waals surface area contributed by atoms with Gasteiger partial charge in [0.05, 0.1) is 5.56 Å². The lowest BCUT2D eigenvalue weighted by Crippen LogP contribution is -2.19. The number of hydrogen-bond donors (Lipinski definition) is 1. The highest BCUT2D eigenvalue weighted by Crippen LogP contribution is 2.24. The maximum atomic E-state index is 12.7. The van der Waals surface area contributed by atoms with Crippen LogP contribution in [-0.4, -0.2) is 11.9 Å². The van der Waals surface area contributed by atoms with Crippen LogP contribution in [0.15, 0.2) is 84.9 Å². The first-order valence-electron chi connectivity index (χ1n) is 9.25. The van der Waals surface area contributed by atoms with Gasteiger partial charge in [-0.1, -0.05) is 72.8 Å². The second-order valence-corrected chi connectivity index (χ2v) is 6.60. The zero-order chi connectivity index (χ0) is 19.8. The van der Waals surface area contributed by atoms with Crippen LogP contribution in [0.1, 0.15) is 40.1 Å². The van der Waals surface area contributed by atoms with Crippen LogP contribution in [0.2, 0.25) is 0 Å². The molecule has 0 spiro atoms. The minimum absolute atomic E-state index is 0.0879. The van der Waals surface area contributed by atoms with Gasteiger partial charge in [0.2, 0.25) is 5.91 Å². The van der Waals surface area contributed by atoms with E-state index in [-0.39, 0.29) is 18.0 Å². The molecular formula is C24H23NO3. The van der Waals surface area contributed by atoms with Crippen molar-refractivity contribution in [1.29, 1.82) is 0 Å². The van der Waals surface area contributed by atoms with Crippen molar-refractivity contribution in [2.45, 2.75) is 26.0 Å². The van der Waals surface area contributed by atoms with Crippen LogP contribution in [-0.2, 0) is 22.5 Å². The van der Waals surface area contributed by atoms with E-state index in [4.69, 9.17) is 4.74 Å². The van der Waals surface area contributed by atoms with E-state index in [0.717, 1.165) is 16.7 Å². The Bertz CT molecular complexity index is 906. The van der Waals surface area contributed by atoms with E-state index < -0.39 is 0 Å². The number of esters is 1. The van der Waals surface area contributed by atoms with Gasteiger partial charge < -0.3 is 10.1 Å². The molecule has 0 bridgehead atoms. The molecule has 0 aliphatic heterocycles. The van der Waals surface area contributed by atoms with Gasteiger partial charge in [-0.05, 0) is 28.8 Å². The molecule has 0 aromatic heterocycles. The highest BCUT2D eigenvalue weighted by atomic mass is 16.5. The molecule has 1 atom stereocenters. The van der Waals surface area contributed by atoms with Gasteiger partial charge in [0.15, 0.2) is 0 Å². The zero-order valence-corrected chi connectivity index (χ0v) is 15.8. The van der Waals surface area contributed by atoms with Crippen LogP contribution in [0.4, 0.5) is 0 Å². The largest absolute Gasteiger partial charge is 0.454 e. The Labute approximate surface area is 165 Å². The standard InChI is InChI=1S/C24H23NO3/c1-18(26)25-17-20-12-14-22(15-13-20)24(27)28-23(21-10-6-3-7-11-21)16-19-8-4-2-5-9-19/h2-15,23H,16-17H2,1H3,(H,25,26)/t23-/m0/s1. The number of amides is 1. The second kappa shape index (κ2) is 9.51. The molecule has 3 rings (SSSR count). The van der Waals surface area contributed by atoms with Gasteiger partial charge in [-0.25, -0.2) is 4.79 Å². The SMILES string of the molecule is CC(=O)NCc1ccc(C(=O)O[C@@H](Cc2ccccc2)c2ccccc2)cc1. The Morgan fingerprint density at radius 2 is 1.43 bits per heavy atom. The lowest BCUT2D eigenvalue weighted by atomic mass is 10.0. The first-order chi connectivity index (χ1) is 13.6. The van der Waals surface area contributed by atoms with Crippen LogP contribution in [0, 0.1) is 0 Å². The van der Waals surface area contributed by atoms with Crippen LogP contribution in [0.25, 0.3) is 0 Å². The number of benzene rings is 3. The molecule has 28 heavy (non-hydrogen) atoms. The number of rotatable bonds is 7. The van der Waals surface area contributed by atoms with E-state index in [1.165, 1.54) is 6.92 Å².